The summed E-state index contributed by atoms with van der Waals surface area (Å²) in [5.41, 5.74) is 4.74. The fraction of sp³-hybridized carbons (Fsp3) is 0.500. The number of Topliss-reactive ketones (excluding diaryl/α,β-unsaturated/α-hetero) is 1. The van der Waals surface area contributed by atoms with Crippen LogP contribution < -0.4 is 0 Å². The molecule has 0 amide bonds. The molecule has 4 heteroatoms. The summed E-state index contributed by atoms with van der Waals surface area (Å²) in [5.74, 6) is 0.875. The Morgan fingerprint density at radius 2 is 2.18 bits per heavy atom. The van der Waals surface area contributed by atoms with Crippen molar-refractivity contribution in [3.63, 3.8) is 0 Å². The van der Waals surface area contributed by atoms with Crippen LogP contribution in [-0.4, -0.2) is 20.5 Å². The minimum Gasteiger partial charge on any atom is -0.300 e. The van der Waals surface area contributed by atoms with E-state index in [4.69, 9.17) is 5.10 Å². The Morgan fingerprint density at radius 3 is 2.95 bits per heavy atom. The number of nitrogens with zero attached hydrogens (tertiary/aromatic N) is 3. The first kappa shape index (κ1) is 13.7. The molecule has 0 bridgehead atoms. The summed E-state index contributed by atoms with van der Waals surface area (Å²) in [6.45, 7) is 2.30. The topological polar surface area (TPSA) is 47.8 Å². The number of pyridine rings is 1. The third-order valence-corrected chi connectivity index (χ3v) is 5.63. The van der Waals surface area contributed by atoms with Gasteiger partial charge in [0.1, 0.15) is 5.78 Å². The van der Waals surface area contributed by atoms with Crippen molar-refractivity contribution in [2.24, 2.45) is 13.0 Å². The van der Waals surface area contributed by atoms with E-state index >= 15 is 0 Å². The highest BCUT2D eigenvalue weighted by Gasteiger charge is 2.47. The standard InChI is InChI=1S/C18H21N3O/c1-18-9-8-13(22)11-12(18)6-7-14-16(21(2)20-17(14)18)15-5-3-4-10-19-15/h3-5,10,12H,6-9,11H2,1-2H3. The van der Waals surface area contributed by atoms with Gasteiger partial charge >= 0.3 is 0 Å². The van der Waals surface area contributed by atoms with Gasteiger partial charge in [-0.3, -0.25) is 14.5 Å². The third-order valence-electron chi connectivity index (χ3n) is 5.63. The molecule has 2 heterocycles. The van der Waals surface area contributed by atoms with Crippen molar-refractivity contribution in [1.29, 1.82) is 0 Å². The lowest BCUT2D eigenvalue weighted by molar-refractivity contribution is -0.123. The molecule has 1 saturated carbocycles. The van der Waals surface area contributed by atoms with E-state index in [1.165, 1.54) is 11.3 Å². The SMILES string of the molecule is Cn1nc2c(c1-c1ccccn1)CCC1CC(=O)CCC21C. The van der Waals surface area contributed by atoms with Crippen LogP contribution in [0.2, 0.25) is 0 Å². The maximum absolute atomic E-state index is 11.8. The zero-order valence-electron chi connectivity index (χ0n) is 13.2. The largest absolute Gasteiger partial charge is 0.300 e. The van der Waals surface area contributed by atoms with Gasteiger partial charge in [-0.25, -0.2) is 0 Å². The molecule has 2 aliphatic carbocycles. The van der Waals surface area contributed by atoms with Crippen LogP contribution in [0.1, 0.15) is 43.9 Å². The molecule has 4 rings (SSSR count). The molecule has 0 aliphatic heterocycles. The molecule has 1 fully saturated rings. The third kappa shape index (κ3) is 1.86. The van der Waals surface area contributed by atoms with Crippen molar-refractivity contribution in [2.45, 2.75) is 44.4 Å². The minimum absolute atomic E-state index is 0.0479. The number of ketones is 1. The number of hydrogen-bond acceptors (Lipinski definition) is 3. The van der Waals surface area contributed by atoms with Crippen molar-refractivity contribution in [1.82, 2.24) is 14.8 Å². The van der Waals surface area contributed by atoms with Crippen molar-refractivity contribution in [3.8, 4) is 11.4 Å². The second kappa shape index (κ2) is 4.77. The van der Waals surface area contributed by atoms with Gasteiger partial charge in [-0.15, -0.1) is 0 Å². The van der Waals surface area contributed by atoms with Crippen LogP contribution in [0.4, 0.5) is 0 Å². The van der Waals surface area contributed by atoms with Crippen LogP contribution in [0.5, 0.6) is 0 Å². The number of carbonyl (C=O) groups excluding carboxylic acids is 1. The van der Waals surface area contributed by atoms with Gasteiger partial charge in [0, 0.05) is 37.1 Å². The minimum atomic E-state index is 0.0479. The average molecular weight is 295 g/mol. The fourth-order valence-electron chi connectivity index (χ4n) is 4.34. The normalized spacial score (nSPS) is 27.4. The van der Waals surface area contributed by atoms with Gasteiger partial charge in [-0.2, -0.15) is 5.10 Å². The Balaban J connectivity index is 1.85. The zero-order valence-corrected chi connectivity index (χ0v) is 13.2. The lowest BCUT2D eigenvalue weighted by Gasteiger charge is -2.43. The van der Waals surface area contributed by atoms with Crippen LogP contribution in [0.25, 0.3) is 11.4 Å². The van der Waals surface area contributed by atoms with E-state index in [9.17, 15) is 4.79 Å². The fourth-order valence-corrected chi connectivity index (χ4v) is 4.34. The molecule has 2 aromatic rings. The predicted molar refractivity (Wildman–Crippen MR) is 84.5 cm³/mol. The Labute approximate surface area is 130 Å². The van der Waals surface area contributed by atoms with Gasteiger partial charge in [0.2, 0.25) is 0 Å². The summed E-state index contributed by atoms with van der Waals surface area (Å²) < 4.78 is 1.98. The summed E-state index contributed by atoms with van der Waals surface area (Å²) in [6, 6.07) is 6.01. The maximum Gasteiger partial charge on any atom is 0.133 e. The van der Waals surface area contributed by atoms with Gasteiger partial charge in [-0.05, 0) is 37.3 Å². The Kier molecular flexibility index (Phi) is 2.96. The first-order chi connectivity index (χ1) is 10.6. The Hall–Kier alpha value is -1.97. The molecule has 0 N–H and O–H groups in total. The molecule has 2 atom stereocenters. The maximum atomic E-state index is 11.8. The first-order valence-corrected chi connectivity index (χ1v) is 8.09. The van der Waals surface area contributed by atoms with Crippen LogP contribution >= 0.6 is 0 Å². The Bertz CT molecular complexity index is 734. The van der Waals surface area contributed by atoms with Gasteiger partial charge in [0.15, 0.2) is 0 Å². The van der Waals surface area contributed by atoms with E-state index in [-0.39, 0.29) is 5.41 Å². The Morgan fingerprint density at radius 1 is 1.32 bits per heavy atom. The van der Waals surface area contributed by atoms with Crippen molar-refractivity contribution in [3.05, 3.63) is 35.7 Å². The van der Waals surface area contributed by atoms with Gasteiger partial charge < -0.3 is 0 Å². The molecule has 4 nitrogen and oxygen atoms in total. The highest BCUT2D eigenvalue weighted by molar-refractivity contribution is 5.80. The number of fused-ring (bicyclic) bond motifs is 3. The number of hydrogen-bond donors (Lipinski definition) is 0. The highest BCUT2D eigenvalue weighted by Crippen LogP contribution is 2.50. The summed E-state index contributed by atoms with van der Waals surface area (Å²) >= 11 is 0. The molecular weight excluding hydrogens is 274 g/mol. The molecule has 0 aromatic carbocycles. The van der Waals surface area contributed by atoms with E-state index in [1.807, 2.05) is 30.1 Å². The summed E-state index contributed by atoms with van der Waals surface area (Å²) in [6.07, 6.45) is 6.28. The molecule has 114 valence electrons. The lowest BCUT2D eigenvalue weighted by atomic mass is 9.60. The second-order valence-electron chi connectivity index (χ2n) is 6.91. The molecule has 2 unspecified atom stereocenters. The molecule has 2 aromatic heterocycles. The molecule has 0 radical (unpaired) electrons. The van der Waals surface area contributed by atoms with E-state index in [2.05, 4.69) is 18.0 Å². The summed E-state index contributed by atoms with van der Waals surface area (Å²) in [5, 5.41) is 4.87. The summed E-state index contributed by atoms with van der Waals surface area (Å²) in [7, 11) is 2.01. The van der Waals surface area contributed by atoms with Crippen molar-refractivity contribution >= 4 is 5.78 Å². The van der Waals surface area contributed by atoms with Crippen molar-refractivity contribution in [2.75, 3.05) is 0 Å². The lowest BCUT2D eigenvalue weighted by Crippen LogP contribution is -2.42. The van der Waals surface area contributed by atoms with E-state index in [1.54, 1.807) is 0 Å². The van der Waals surface area contributed by atoms with Gasteiger partial charge in [-0.1, -0.05) is 13.0 Å². The monoisotopic (exact) mass is 295 g/mol. The first-order valence-electron chi connectivity index (χ1n) is 8.09. The van der Waals surface area contributed by atoms with Gasteiger partial charge in [0.25, 0.3) is 0 Å². The van der Waals surface area contributed by atoms with Crippen LogP contribution in [-0.2, 0) is 23.7 Å². The number of aromatic nitrogens is 3. The zero-order chi connectivity index (χ0) is 15.3. The average Bonchev–Trinajstić information content (AvgIpc) is 2.86. The van der Waals surface area contributed by atoms with Crippen LogP contribution in [0, 0.1) is 5.92 Å². The molecular formula is C18H21N3O. The molecule has 2 aliphatic rings. The van der Waals surface area contributed by atoms with Crippen LogP contribution in [0.3, 0.4) is 0 Å². The number of carbonyl (C=O) groups is 1. The number of aryl methyl sites for hydroxylation is 1. The quantitative estimate of drug-likeness (QED) is 0.812. The van der Waals surface area contributed by atoms with E-state index in [0.29, 0.717) is 18.1 Å². The number of rotatable bonds is 1. The molecule has 22 heavy (non-hydrogen) atoms. The summed E-state index contributed by atoms with van der Waals surface area (Å²) in [4.78, 5) is 16.3. The smallest absolute Gasteiger partial charge is 0.133 e. The molecule has 0 spiro atoms. The second-order valence-corrected chi connectivity index (χ2v) is 6.91. The van der Waals surface area contributed by atoms with Crippen LogP contribution in [0.15, 0.2) is 24.4 Å². The van der Waals surface area contributed by atoms with E-state index in [0.717, 1.165) is 37.1 Å². The molecule has 0 saturated heterocycles. The predicted octanol–water partition coefficient (Wildman–Crippen LogP) is 3.06. The highest BCUT2D eigenvalue weighted by atomic mass is 16.1. The van der Waals surface area contributed by atoms with Crippen molar-refractivity contribution < 1.29 is 4.79 Å². The van der Waals surface area contributed by atoms with Gasteiger partial charge in [0.05, 0.1) is 17.1 Å². The van der Waals surface area contributed by atoms with E-state index < -0.39 is 0 Å².